The quantitative estimate of drug-likeness (QED) is 0.489. The zero-order valence-electron chi connectivity index (χ0n) is 19.6. The SMILES string of the molecule is C=C1C(=O)[C@@]23[C@@H]4OC(C)(C)O[C@]25OC[C@]2([C@@H](OC(C)=O)CCC(C)(C)[C@H]2[C@@H]5O)[C@@H]3CC[C@@H]14. The van der Waals surface area contributed by atoms with Crippen LogP contribution in [-0.4, -0.2) is 53.4 Å². The standard InChI is InChI=1S/C25H34O7/c1-12-14-7-8-15-23-11-29-25(24(15,18(12)27)20(14)31-22(5,6)32-25)19(28)17(23)21(3,4)10-9-16(23)30-13(2)26/h14-17,19-20,28H,1,7-11H2,2-6H3/t14-,15-,16-,17+,19-,20+,23+,24-,25-/m0/s1. The number of carbonyl (C=O) groups is 2. The van der Waals surface area contributed by atoms with E-state index in [1.165, 1.54) is 6.92 Å². The Hall–Kier alpha value is -1.28. The maximum atomic E-state index is 14.1. The van der Waals surface area contributed by atoms with Crippen molar-refractivity contribution in [2.75, 3.05) is 6.61 Å². The Morgan fingerprint density at radius 2 is 1.91 bits per heavy atom. The number of hydrogen-bond donors (Lipinski definition) is 1. The van der Waals surface area contributed by atoms with Crippen molar-refractivity contribution in [2.45, 2.75) is 90.2 Å². The number of fused-ring (bicyclic) bond motifs is 1. The van der Waals surface area contributed by atoms with E-state index in [1.807, 2.05) is 13.8 Å². The van der Waals surface area contributed by atoms with Crippen molar-refractivity contribution in [1.29, 1.82) is 0 Å². The first kappa shape index (κ1) is 21.3. The van der Waals surface area contributed by atoms with Gasteiger partial charge in [-0.15, -0.1) is 0 Å². The van der Waals surface area contributed by atoms with Gasteiger partial charge >= 0.3 is 5.97 Å². The lowest BCUT2D eigenvalue weighted by atomic mass is 9.35. The fraction of sp³-hybridized carbons (Fsp3) is 0.840. The van der Waals surface area contributed by atoms with Crippen LogP contribution >= 0.6 is 0 Å². The molecular weight excluding hydrogens is 412 g/mol. The van der Waals surface area contributed by atoms with Gasteiger partial charge in [-0.05, 0) is 56.4 Å². The molecule has 7 fully saturated rings. The zero-order valence-corrected chi connectivity index (χ0v) is 19.6. The Morgan fingerprint density at radius 1 is 1.19 bits per heavy atom. The van der Waals surface area contributed by atoms with Gasteiger partial charge in [-0.3, -0.25) is 9.59 Å². The highest BCUT2D eigenvalue weighted by atomic mass is 16.8. The average molecular weight is 447 g/mol. The lowest BCUT2D eigenvalue weighted by molar-refractivity contribution is -0.534. The number of Topliss-reactive ketones (excluding diaryl/α,β-unsaturated/α-hetero) is 1. The largest absolute Gasteiger partial charge is 0.462 e. The number of aliphatic hydroxyl groups is 1. The molecule has 3 aliphatic heterocycles. The van der Waals surface area contributed by atoms with E-state index in [2.05, 4.69) is 20.4 Å². The first-order chi connectivity index (χ1) is 14.9. The third-order valence-corrected chi connectivity index (χ3v) is 9.90. The third-order valence-electron chi connectivity index (χ3n) is 9.90. The lowest BCUT2D eigenvalue weighted by Crippen LogP contribution is -2.88. The summed E-state index contributed by atoms with van der Waals surface area (Å²) in [7, 11) is 0. The van der Waals surface area contributed by atoms with Gasteiger partial charge in [0.05, 0.1) is 12.7 Å². The van der Waals surface area contributed by atoms with E-state index < -0.39 is 40.7 Å². The highest BCUT2D eigenvalue weighted by molar-refractivity contribution is 6.05. The molecule has 4 saturated carbocycles. The molecule has 7 heteroatoms. The highest BCUT2D eigenvalue weighted by Crippen LogP contribution is 2.79. The fourth-order valence-corrected chi connectivity index (χ4v) is 9.23. The molecule has 32 heavy (non-hydrogen) atoms. The van der Waals surface area contributed by atoms with Crippen molar-refractivity contribution in [3.05, 3.63) is 12.2 Å². The van der Waals surface area contributed by atoms with E-state index in [-0.39, 0.29) is 41.5 Å². The molecule has 0 aromatic rings. The second-order valence-electron chi connectivity index (χ2n) is 12.1. The minimum absolute atomic E-state index is 0.105. The van der Waals surface area contributed by atoms with Crippen molar-refractivity contribution in [3.8, 4) is 0 Å². The summed E-state index contributed by atoms with van der Waals surface area (Å²) in [6.45, 7) is 13.9. The van der Waals surface area contributed by atoms with Crippen molar-refractivity contribution in [1.82, 2.24) is 0 Å². The van der Waals surface area contributed by atoms with Gasteiger partial charge in [-0.1, -0.05) is 20.4 Å². The van der Waals surface area contributed by atoms with Crippen molar-refractivity contribution in [2.24, 2.45) is 34.0 Å². The molecule has 3 saturated heterocycles. The summed E-state index contributed by atoms with van der Waals surface area (Å²) in [6, 6.07) is 0. The van der Waals surface area contributed by atoms with E-state index in [9.17, 15) is 14.7 Å². The number of ketones is 1. The van der Waals surface area contributed by atoms with Crippen LogP contribution in [0.4, 0.5) is 0 Å². The van der Waals surface area contributed by atoms with E-state index in [0.717, 1.165) is 19.3 Å². The zero-order chi connectivity index (χ0) is 23.1. The molecule has 0 unspecified atom stereocenters. The summed E-state index contributed by atoms with van der Waals surface area (Å²) in [6.07, 6.45) is 1.07. The summed E-state index contributed by atoms with van der Waals surface area (Å²) in [5, 5.41) is 12.1. The molecule has 7 nitrogen and oxygen atoms in total. The van der Waals surface area contributed by atoms with Gasteiger partial charge in [-0.2, -0.15) is 0 Å². The van der Waals surface area contributed by atoms with E-state index >= 15 is 0 Å². The molecule has 1 N–H and O–H groups in total. The topological polar surface area (TPSA) is 91.3 Å². The normalized spacial score (nSPS) is 54.1. The van der Waals surface area contributed by atoms with Crippen molar-refractivity contribution in [3.63, 3.8) is 0 Å². The van der Waals surface area contributed by atoms with Gasteiger partial charge < -0.3 is 24.1 Å². The van der Waals surface area contributed by atoms with Gasteiger partial charge in [0.1, 0.15) is 17.6 Å². The van der Waals surface area contributed by atoms with Crippen LogP contribution in [0.25, 0.3) is 0 Å². The summed E-state index contributed by atoms with van der Waals surface area (Å²) < 4.78 is 25.5. The molecule has 0 radical (unpaired) electrons. The molecule has 4 aliphatic carbocycles. The number of aliphatic hydroxyl groups excluding tert-OH is 1. The maximum absolute atomic E-state index is 14.1. The Bertz CT molecular complexity index is 939. The molecule has 176 valence electrons. The number of rotatable bonds is 1. The van der Waals surface area contributed by atoms with Gasteiger partial charge in [-0.25, -0.2) is 0 Å². The van der Waals surface area contributed by atoms with E-state index in [0.29, 0.717) is 12.0 Å². The molecule has 0 aromatic carbocycles. The van der Waals surface area contributed by atoms with Crippen LogP contribution in [0, 0.1) is 34.0 Å². The van der Waals surface area contributed by atoms with Crippen molar-refractivity contribution >= 4 is 11.8 Å². The highest BCUT2D eigenvalue weighted by Gasteiger charge is 2.90. The van der Waals surface area contributed by atoms with Crippen LogP contribution in [0.5, 0.6) is 0 Å². The number of carbonyl (C=O) groups excluding carboxylic acids is 2. The van der Waals surface area contributed by atoms with Crippen LogP contribution in [0.2, 0.25) is 0 Å². The number of hydrogen-bond acceptors (Lipinski definition) is 7. The van der Waals surface area contributed by atoms with Gasteiger partial charge in [0.25, 0.3) is 0 Å². The molecule has 3 spiro atoms. The van der Waals surface area contributed by atoms with Crippen LogP contribution in [-0.2, 0) is 28.5 Å². The number of ether oxygens (including phenoxy) is 4. The van der Waals surface area contributed by atoms with Crippen LogP contribution in [0.15, 0.2) is 12.2 Å². The predicted octanol–water partition coefficient (Wildman–Crippen LogP) is 2.74. The second kappa shape index (κ2) is 5.85. The maximum Gasteiger partial charge on any atom is 0.302 e. The fourth-order valence-electron chi connectivity index (χ4n) is 9.23. The molecule has 0 aromatic heterocycles. The smallest absolute Gasteiger partial charge is 0.302 e. The molecule has 7 rings (SSSR count). The molecule has 0 amide bonds. The van der Waals surface area contributed by atoms with Crippen LogP contribution < -0.4 is 0 Å². The van der Waals surface area contributed by atoms with Crippen LogP contribution in [0.1, 0.15) is 60.3 Å². The summed E-state index contributed by atoms with van der Waals surface area (Å²) >= 11 is 0. The molecule has 4 bridgehead atoms. The predicted molar refractivity (Wildman–Crippen MR) is 112 cm³/mol. The lowest BCUT2D eigenvalue weighted by Gasteiger charge is -2.77. The molecule has 9 atom stereocenters. The third kappa shape index (κ3) is 2.01. The van der Waals surface area contributed by atoms with E-state index in [1.54, 1.807) is 0 Å². The first-order valence-corrected chi connectivity index (χ1v) is 12.0. The van der Waals surface area contributed by atoms with Crippen LogP contribution in [0.3, 0.4) is 0 Å². The monoisotopic (exact) mass is 446 g/mol. The Kier molecular flexibility index (Phi) is 3.89. The summed E-state index contributed by atoms with van der Waals surface area (Å²) in [5.74, 6) is -3.52. The molecular formula is C25H34O7. The summed E-state index contributed by atoms with van der Waals surface area (Å²) in [4.78, 5) is 26.3. The Labute approximate surface area is 188 Å². The van der Waals surface area contributed by atoms with Gasteiger partial charge in [0, 0.05) is 24.2 Å². The second-order valence-corrected chi connectivity index (χ2v) is 12.1. The van der Waals surface area contributed by atoms with Gasteiger partial charge in [0.2, 0.25) is 5.79 Å². The van der Waals surface area contributed by atoms with Crippen molar-refractivity contribution < 1.29 is 33.6 Å². The minimum atomic E-state index is -1.50. The minimum Gasteiger partial charge on any atom is -0.462 e. The Morgan fingerprint density at radius 3 is 2.59 bits per heavy atom. The average Bonchev–Trinajstić information content (AvgIpc) is 2.80. The van der Waals surface area contributed by atoms with E-state index in [4.69, 9.17) is 18.9 Å². The molecule has 3 heterocycles. The number of esters is 1. The first-order valence-electron chi connectivity index (χ1n) is 12.0. The molecule has 7 aliphatic rings. The van der Waals surface area contributed by atoms with Gasteiger partial charge in [0.15, 0.2) is 11.6 Å². The Balaban J connectivity index is 1.65. The summed E-state index contributed by atoms with van der Waals surface area (Å²) in [5.41, 5.74) is -1.56.